The van der Waals surface area contributed by atoms with E-state index in [1.54, 1.807) is 0 Å². The summed E-state index contributed by atoms with van der Waals surface area (Å²) in [6, 6.07) is 0. The Labute approximate surface area is 227 Å². The molecule has 0 bridgehead atoms. The minimum Gasteiger partial charge on any atom is -0.466 e. The van der Waals surface area contributed by atoms with Gasteiger partial charge in [0.2, 0.25) is 4.75 Å². The van der Waals surface area contributed by atoms with E-state index < -0.39 is 33.2 Å². The van der Waals surface area contributed by atoms with Crippen LogP contribution in [-0.4, -0.2) is 42.9 Å². The molecule has 0 aliphatic carbocycles. The van der Waals surface area contributed by atoms with Crippen molar-refractivity contribution in [1.29, 1.82) is 0 Å². The Morgan fingerprint density at radius 1 is 0.703 bits per heavy atom. The van der Waals surface area contributed by atoms with Crippen molar-refractivity contribution in [1.82, 2.24) is 0 Å². The minimum absolute atomic E-state index is 0.0695. The second-order valence-electron chi connectivity index (χ2n) is 10.9. The number of hydrogen-bond acceptors (Lipinski definition) is 6. The lowest BCUT2D eigenvalue weighted by atomic mass is 9.94. The third kappa shape index (κ3) is 17.1. The lowest BCUT2D eigenvalue weighted by Crippen LogP contribution is -2.49. The Hall–Kier alpha value is -1.15. The van der Waals surface area contributed by atoms with E-state index in [1.807, 2.05) is 13.8 Å². The second-order valence-corrected chi connectivity index (χ2v) is 12.6. The van der Waals surface area contributed by atoms with Crippen molar-refractivity contribution in [3.63, 3.8) is 0 Å². The number of hydrogen-bond donors (Lipinski definition) is 1. The van der Waals surface area contributed by atoms with Gasteiger partial charge in [-0.1, -0.05) is 118 Å². The molecule has 37 heavy (non-hydrogen) atoms. The molecule has 1 N–H and O–H groups in total. The maximum absolute atomic E-state index is 13.0. The van der Waals surface area contributed by atoms with Gasteiger partial charge in [-0.3, -0.25) is 14.1 Å². The van der Waals surface area contributed by atoms with Gasteiger partial charge in [0.05, 0.1) is 19.6 Å². The molecule has 0 saturated heterocycles. The Balaban J connectivity index is 4.79. The van der Waals surface area contributed by atoms with Gasteiger partial charge in [0, 0.05) is 0 Å². The molecule has 0 aliphatic heterocycles. The van der Waals surface area contributed by atoms with Crippen LogP contribution < -0.4 is 0 Å². The summed E-state index contributed by atoms with van der Waals surface area (Å²) in [5.74, 6) is -1.77. The van der Waals surface area contributed by atoms with Gasteiger partial charge in [0.1, 0.15) is 0 Å². The van der Waals surface area contributed by atoms with E-state index >= 15 is 0 Å². The molecular formula is C29H56O7S. The zero-order chi connectivity index (χ0) is 28.0. The van der Waals surface area contributed by atoms with Gasteiger partial charge in [0.25, 0.3) is 10.1 Å². The molecule has 0 heterocycles. The maximum Gasteiger partial charge on any atom is 0.330 e. The van der Waals surface area contributed by atoms with Crippen LogP contribution in [0.4, 0.5) is 0 Å². The zero-order valence-electron chi connectivity index (χ0n) is 24.2. The van der Waals surface area contributed by atoms with Gasteiger partial charge < -0.3 is 9.47 Å². The quantitative estimate of drug-likeness (QED) is 0.0704. The van der Waals surface area contributed by atoms with Gasteiger partial charge in [-0.15, -0.1) is 0 Å². The summed E-state index contributed by atoms with van der Waals surface area (Å²) in [6.07, 6.45) is 16.7. The molecule has 0 aromatic rings. The summed E-state index contributed by atoms with van der Waals surface area (Å²) >= 11 is 0. The maximum atomic E-state index is 13.0. The van der Waals surface area contributed by atoms with Crippen molar-refractivity contribution >= 4 is 22.1 Å². The van der Waals surface area contributed by atoms with Crippen LogP contribution >= 0.6 is 0 Å². The Kier molecular flexibility index (Phi) is 21.1. The fourth-order valence-electron chi connectivity index (χ4n) is 4.35. The molecule has 220 valence electrons. The van der Waals surface area contributed by atoms with Crippen LogP contribution in [0.3, 0.4) is 0 Å². The van der Waals surface area contributed by atoms with E-state index in [9.17, 15) is 22.6 Å². The molecule has 1 unspecified atom stereocenters. The van der Waals surface area contributed by atoms with Gasteiger partial charge in [-0.2, -0.15) is 8.42 Å². The second kappa shape index (κ2) is 21.7. The molecular weight excluding hydrogens is 492 g/mol. The molecule has 0 fully saturated rings. The van der Waals surface area contributed by atoms with Crippen LogP contribution in [0.2, 0.25) is 0 Å². The van der Waals surface area contributed by atoms with E-state index in [4.69, 9.17) is 9.47 Å². The molecule has 0 amide bonds. The number of carbonyl (C=O) groups is 2. The molecule has 1 atom stereocenters. The van der Waals surface area contributed by atoms with E-state index in [1.165, 1.54) is 51.4 Å². The van der Waals surface area contributed by atoms with Crippen LogP contribution in [-0.2, 0) is 29.2 Å². The monoisotopic (exact) mass is 548 g/mol. The first-order valence-electron chi connectivity index (χ1n) is 14.9. The highest BCUT2D eigenvalue weighted by molar-refractivity contribution is 7.88. The predicted octanol–water partition coefficient (Wildman–Crippen LogP) is 7.81. The topological polar surface area (TPSA) is 107 Å². The van der Waals surface area contributed by atoms with Crippen LogP contribution in [0.25, 0.3) is 0 Å². The van der Waals surface area contributed by atoms with Crippen molar-refractivity contribution in [3.05, 3.63) is 0 Å². The zero-order valence-corrected chi connectivity index (χ0v) is 25.0. The highest BCUT2D eigenvalue weighted by Crippen LogP contribution is 2.31. The fraction of sp³-hybridized carbons (Fsp3) is 0.931. The van der Waals surface area contributed by atoms with Crippen LogP contribution in [0.5, 0.6) is 0 Å². The van der Waals surface area contributed by atoms with E-state index in [2.05, 4.69) is 13.8 Å². The predicted molar refractivity (Wildman–Crippen MR) is 150 cm³/mol. The highest BCUT2D eigenvalue weighted by atomic mass is 32.2. The van der Waals surface area contributed by atoms with Crippen LogP contribution in [0.15, 0.2) is 0 Å². The number of carbonyl (C=O) groups excluding carboxylic acids is 2. The van der Waals surface area contributed by atoms with Crippen molar-refractivity contribution in [3.8, 4) is 0 Å². The first-order chi connectivity index (χ1) is 17.6. The van der Waals surface area contributed by atoms with Crippen molar-refractivity contribution in [2.45, 2.75) is 154 Å². The first-order valence-corrected chi connectivity index (χ1v) is 16.3. The largest absolute Gasteiger partial charge is 0.466 e. The minimum atomic E-state index is -4.90. The molecule has 0 aromatic carbocycles. The average molecular weight is 549 g/mol. The summed E-state index contributed by atoms with van der Waals surface area (Å²) in [5, 5.41) is 0. The summed E-state index contributed by atoms with van der Waals surface area (Å²) < 4.78 is 43.3. The van der Waals surface area contributed by atoms with Crippen LogP contribution in [0.1, 0.15) is 150 Å². The first kappa shape index (κ1) is 35.9. The Morgan fingerprint density at radius 2 is 1.11 bits per heavy atom. The van der Waals surface area contributed by atoms with Crippen molar-refractivity contribution in [2.75, 3.05) is 13.2 Å². The summed E-state index contributed by atoms with van der Waals surface area (Å²) in [6.45, 7) is 8.39. The van der Waals surface area contributed by atoms with Gasteiger partial charge >= 0.3 is 11.9 Å². The normalized spacial score (nSPS) is 13.5. The standard InChI is InChI=1S/C29H56O7S/c1-5-7-9-11-13-15-17-19-23-35-27(30)25-29(37(32,33)34,22-21-26(3)4)28(31)36-24-20-18-16-14-12-10-8-6-2/h26H,5-25H2,1-4H3,(H,32,33,34). The number of unbranched alkanes of at least 4 members (excludes halogenated alkanes) is 14. The van der Waals surface area contributed by atoms with Gasteiger partial charge in [-0.05, 0) is 31.6 Å². The lowest BCUT2D eigenvalue weighted by molar-refractivity contribution is -0.154. The molecule has 0 saturated carbocycles. The van der Waals surface area contributed by atoms with Gasteiger partial charge in [-0.25, -0.2) is 0 Å². The molecule has 7 nitrogen and oxygen atoms in total. The molecule has 0 radical (unpaired) electrons. The molecule has 0 aliphatic rings. The Morgan fingerprint density at radius 3 is 1.51 bits per heavy atom. The summed E-state index contributed by atoms with van der Waals surface area (Å²) in [7, 11) is -4.90. The van der Waals surface area contributed by atoms with E-state index in [0.29, 0.717) is 19.3 Å². The number of ether oxygens (including phenoxy) is 2. The molecule has 0 aromatic heterocycles. The molecule has 8 heteroatoms. The fourth-order valence-corrected chi connectivity index (χ4v) is 5.29. The van der Waals surface area contributed by atoms with E-state index in [0.717, 1.165) is 38.5 Å². The average Bonchev–Trinajstić information content (AvgIpc) is 2.83. The third-order valence-corrected chi connectivity index (χ3v) is 8.42. The van der Waals surface area contributed by atoms with Crippen LogP contribution in [0, 0.1) is 5.92 Å². The van der Waals surface area contributed by atoms with E-state index in [-0.39, 0.29) is 25.6 Å². The molecule has 0 rings (SSSR count). The van der Waals surface area contributed by atoms with Crippen molar-refractivity contribution < 1.29 is 32.0 Å². The smallest absolute Gasteiger partial charge is 0.330 e. The summed E-state index contributed by atoms with van der Waals surface area (Å²) in [5.41, 5.74) is 0. The highest BCUT2D eigenvalue weighted by Gasteiger charge is 2.53. The molecule has 0 spiro atoms. The SMILES string of the molecule is CCCCCCCCCCOC(=O)CC(CCC(C)C)(C(=O)OCCCCCCCCCC)S(=O)(=O)O. The Bertz CT molecular complexity index is 690. The third-order valence-electron chi connectivity index (χ3n) is 6.91. The van der Waals surface area contributed by atoms with Crippen molar-refractivity contribution in [2.24, 2.45) is 5.92 Å². The number of esters is 2. The lowest BCUT2D eigenvalue weighted by Gasteiger charge is -2.28. The number of rotatable bonds is 25. The summed E-state index contributed by atoms with van der Waals surface area (Å²) in [4.78, 5) is 25.6. The van der Waals surface area contributed by atoms with Gasteiger partial charge in [0.15, 0.2) is 0 Å².